The standard InChI is InChI=1S/C14H31NO3Si/c1-5-15-11-9-14(10-12-15)8-6-7-13-19(16-2,17-3)18-4/h14H,5-13H2,1-4H3. The van der Waals surface area contributed by atoms with Crippen LogP contribution in [0.5, 0.6) is 0 Å². The predicted octanol–water partition coefficient (Wildman–Crippen LogP) is 2.77. The molecule has 114 valence electrons. The molecule has 0 amide bonds. The van der Waals surface area contributed by atoms with Crippen LogP contribution in [0.25, 0.3) is 0 Å². The molecule has 1 aliphatic rings. The SMILES string of the molecule is CCN1CCC(CCCC[Si](OC)(OC)OC)CC1. The molecule has 0 aromatic heterocycles. The lowest BCUT2D eigenvalue weighted by molar-refractivity contribution is 0.122. The molecule has 5 heteroatoms. The van der Waals surface area contributed by atoms with Crippen molar-refractivity contribution < 1.29 is 13.3 Å². The minimum absolute atomic E-state index is 0.923. The summed E-state index contributed by atoms with van der Waals surface area (Å²) in [6.07, 6.45) is 6.50. The Balaban J connectivity index is 2.14. The highest BCUT2D eigenvalue weighted by molar-refractivity contribution is 6.60. The second-order valence-electron chi connectivity index (χ2n) is 5.42. The Bertz CT molecular complexity index is 220. The summed E-state index contributed by atoms with van der Waals surface area (Å²) < 4.78 is 16.3. The van der Waals surface area contributed by atoms with E-state index in [0.29, 0.717) is 0 Å². The third-order valence-electron chi connectivity index (χ3n) is 4.43. The van der Waals surface area contributed by atoms with Gasteiger partial charge in [0.1, 0.15) is 0 Å². The lowest BCUT2D eigenvalue weighted by Gasteiger charge is -2.31. The summed E-state index contributed by atoms with van der Waals surface area (Å²) in [5.74, 6) is 0.923. The summed E-state index contributed by atoms with van der Waals surface area (Å²) in [7, 11) is 2.75. The van der Waals surface area contributed by atoms with E-state index >= 15 is 0 Å². The summed E-state index contributed by atoms with van der Waals surface area (Å²) in [5, 5.41) is 0. The summed E-state index contributed by atoms with van der Waals surface area (Å²) >= 11 is 0. The molecule has 0 aromatic rings. The second-order valence-corrected chi connectivity index (χ2v) is 8.51. The van der Waals surface area contributed by atoms with Crippen LogP contribution in [0.1, 0.15) is 39.0 Å². The maximum Gasteiger partial charge on any atom is 0.500 e. The van der Waals surface area contributed by atoms with Gasteiger partial charge in [-0.2, -0.15) is 0 Å². The van der Waals surface area contributed by atoms with Crippen molar-refractivity contribution in [2.45, 2.75) is 45.1 Å². The van der Waals surface area contributed by atoms with Gasteiger partial charge in [0.15, 0.2) is 0 Å². The van der Waals surface area contributed by atoms with Gasteiger partial charge in [-0.1, -0.05) is 19.8 Å². The molecular formula is C14H31NO3Si. The summed E-state index contributed by atoms with van der Waals surface area (Å²) in [6, 6.07) is 0.935. The highest BCUT2D eigenvalue weighted by Gasteiger charge is 2.36. The van der Waals surface area contributed by atoms with Crippen LogP contribution < -0.4 is 0 Å². The molecule has 4 nitrogen and oxygen atoms in total. The maximum absolute atomic E-state index is 5.44. The highest BCUT2D eigenvalue weighted by atomic mass is 28.4. The first-order chi connectivity index (χ1) is 9.19. The number of unbranched alkanes of at least 4 members (excludes halogenated alkanes) is 1. The monoisotopic (exact) mass is 289 g/mol. The largest absolute Gasteiger partial charge is 0.500 e. The Morgan fingerprint density at radius 3 is 2.05 bits per heavy atom. The summed E-state index contributed by atoms with van der Waals surface area (Å²) in [6.45, 7) is 6.03. The molecule has 0 atom stereocenters. The molecule has 19 heavy (non-hydrogen) atoms. The van der Waals surface area contributed by atoms with Crippen LogP contribution in [-0.4, -0.2) is 54.7 Å². The Morgan fingerprint density at radius 2 is 1.58 bits per heavy atom. The van der Waals surface area contributed by atoms with E-state index in [-0.39, 0.29) is 0 Å². The van der Waals surface area contributed by atoms with E-state index in [9.17, 15) is 0 Å². The zero-order chi connectivity index (χ0) is 14.1. The van der Waals surface area contributed by atoms with Crippen molar-refractivity contribution in [2.24, 2.45) is 5.92 Å². The Hall–Kier alpha value is 0.0569. The molecule has 0 N–H and O–H groups in total. The Labute approximate surface area is 119 Å². The normalized spacial score (nSPS) is 18.9. The van der Waals surface area contributed by atoms with E-state index in [1.807, 2.05) is 0 Å². The first-order valence-corrected chi connectivity index (χ1v) is 9.50. The quantitative estimate of drug-likeness (QED) is 0.482. The van der Waals surface area contributed by atoms with E-state index in [2.05, 4.69) is 11.8 Å². The van der Waals surface area contributed by atoms with E-state index < -0.39 is 8.80 Å². The van der Waals surface area contributed by atoms with Crippen LogP contribution in [0.15, 0.2) is 0 Å². The minimum atomic E-state index is -2.33. The van der Waals surface area contributed by atoms with E-state index in [4.69, 9.17) is 13.3 Å². The predicted molar refractivity (Wildman–Crippen MR) is 80.3 cm³/mol. The lowest BCUT2D eigenvalue weighted by Crippen LogP contribution is -2.42. The van der Waals surface area contributed by atoms with Gasteiger partial charge in [0, 0.05) is 27.4 Å². The van der Waals surface area contributed by atoms with Crippen molar-refractivity contribution in [3.63, 3.8) is 0 Å². The topological polar surface area (TPSA) is 30.9 Å². The van der Waals surface area contributed by atoms with Crippen molar-refractivity contribution in [1.29, 1.82) is 0 Å². The fourth-order valence-electron chi connectivity index (χ4n) is 2.92. The second kappa shape index (κ2) is 9.08. The molecule has 1 rings (SSSR count). The summed E-state index contributed by atoms with van der Waals surface area (Å²) in [4.78, 5) is 2.55. The maximum atomic E-state index is 5.44. The van der Waals surface area contributed by atoms with Crippen molar-refractivity contribution in [3.8, 4) is 0 Å². The zero-order valence-corrected chi connectivity index (χ0v) is 14.1. The number of likely N-dealkylation sites (tertiary alicyclic amines) is 1. The lowest BCUT2D eigenvalue weighted by atomic mass is 9.92. The fourth-order valence-corrected chi connectivity index (χ4v) is 4.72. The van der Waals surface area contributed by atoms with Gasteiger partial charge in [-0.25, -0.2) is 0 Å². The van der Waals surface area contributed by atoms with Crippen LogP contribution in [0.4, 0.5) is 0 Å². The van der Waals surface area contributed by atoms with Gasteiger partial charge in [0.25, 0.3) is 0 Å². The molecule has 0 saturated carbocycles. The molecule has 0 bridgehead atoms. The molecule has 0 unspecified atom stereocenters. The van der Waals surface area contributed by atoms with Crippen LogP contribution in [0.3, 0.4) is 0 Å². The fraction of sp³-hybridized carbons (Fsp3) is 1.00. The number of piperidine rings is 1. The van der Waals surface area contributed by atoms with Crippen molar-refractivity contribution >= 4 is 8.80 Å². The molecule has 1 saturated heterocycles. The van der Waals surface area contributed by atoms with Gasteiger partial charge in [-0.15, -0.1) is 0 Å². The van der Waals surface area contributed by atoms with Gasteiger partial charge in [-0.05, 0) is 44.8 Å². The van der Waals surface area contributed by atoms with Crippen LogP contribution in [-0.2, 0) is 13.3 Å². The minimum Gasteiger partial charge on any atom is -0.377 e. The van der Waals surface area contributed by atoms with Gasteiger partial charge < -0.3 is 18.2 Å². The Morgan fingerprint density at radius 1 is 1.00 bits per heavy atom. The van der Waals surface area contributed by atoms with Crippen LogP contribution >= 0.6 is 0 Å². The molecule has 0 aliphatic carbocycles. The van der Waals surface area contributed by atoms with Crippen molar-refractivity contribution in [2.75, 3.05) is 41.0 Å². The molecule has 1 fully saturated rings. The number of nitrogens with zero attached hydrogens (tertiary/aromatic N) is 1. The first kappa shape index (κ1) is 17.1. The number of hydrogen-bond donors (Lipinski definition) is 0. The zero-order valence-electron chi connectivity index (χ0n) is 13.1. The Kier molecular flexibility index (Phi) is 8.17. The van der Waals surface area contributed by atoms with Crippen LogP contribution in [0, 0.1) is 5.92 Å². The van der Waals surface area contributed by atoms with Gasteiger partial charge in [0.2, 0.25) is 0 Å². The molecular weight excluding hydrogens is 258 g/mol. The number of rotatable bonds is 9. The van der Waals surface area contributed by atoms with E-state index in [1.54, 1.807) is 21.3 Å². The average molecular weight is 289 g/mol. The highest BCUT2D eigenvalue weighted by Crippen LogP contribution is 2.24. The van der Waals surface area contributed by atoms with E-state index in [0.717, 1.165) is 18.4 Å². The van der Waals surface area contributed by atoms with Gasteiger partial charge in [-0.3, -0.25) is 0 Å². The van der Waals surface area contributed by atoms with E-state index in [1.165, 1.54) is 45.3 Å². The van der Waals surface area contributed by atoms with Gasteiger partial charge in [0.05, 0.1) is 0 Å². The van der Waals surface area contributed by atoms with Crippen molar-refractivity contribution in [3.05, 3.63) is 0 Å². The van der Waals surface area contributed by atoms with Crippen molar-refractivity contribution in [1.82, 2.24) is 4.90 Å². The average Bonchev–Trinajstić information content (AvgIpc) is 2.49. The first-order valence-electron chi connectivity index (χ1n) is 7.57. The smallest absolute Gasteiger partial charge is 0.377 e. The molecule has 0 radical (unpaired) electrons. The molecule has 1 heterocycles. The molecule has 1 aliphatic heterocycles. The molecule has 0 spiro atoms. The molecule has 0 aromatic carbocycles. The third kappa shape index (κ3) is 5.51. The third-order valence-corrected chi connectivity index (χ3v) is 7.26. The number of hydrogen-bond acceptors (Lipinski definition) is 4. The van der Waals surface area contributed by atoms with Gasteiger partial charge >= 0.3 is 8.80 Å². The summed E-state index contributed by atoms with van der Waals surface area (Å²) in [5.41, 5.74) is 0. The van der Waals surface area contributed by atoms with Crippen LogP contribution in [0.2, 0.25) is 6.04 Å².